The van der Waals surface area contributed by atoms with Gasteiger partial charge in [0.15, 0.2) is 11.5 Å². The first-order chi connectivity index (χ1) is 14.5. The van der Waals surface area contributed by atoms with Crippen LogP contribution in [0.15, 0.2) is 71.2 Å². The molecule has 150 valence electrons. The van der Waals surface area contributed by atoms with Gasteiger partial charge in [-0.05, 0) is 36.4 Å². The van der Waals surface area contributed by atoms with Gasteiger partial charge in [0.1, 0.15) is 10.9 Å². The summed E-state index contributed by atoms with van der Waals surface area (Å²) in [6.45, 7) is 0. The number of carbonyl (C=O) groups is 2. The van der Waals surface area contributed by atoms with Gasteiger partial charge in [-0.25, -0.2) is 4.98 Å². The van der Waals surface area contributed by atoms with Crippen LogP contribution >= 0.6 is 11.6 Å². The number of hydrogen-bond acceptors (Lipinski definition) is 5. The van der Waals surface area contributed by atoms with E-state index in [1.807, 2.05) is 12.1 Å². The van der Waals surface area contributed by atoms with Crippen molar-refractivity contribution < 1.29 is 18.7 Å². The lowest BCUT2D eigenvalue weighted by Crippen LogP contribution is -2.23. The number of hydrogen-bond donors (Lipinski definition) is 1. The van der Waals surface area contributed by atoms with E-state index in [-0.39, 0.29) is 17.6 Å². The van der Waals surface area contributed by atoms with Crippen molar-refractivity contribution in [3.63, 3.8) is 0 Å². The van der Waals surface area contributed by atoms with Crippen LogP contribution in [0.4, 0.5) is 11.4 Å². The Balaban J connectivity index is 1.45. The molecule has 1 aliphatic rings. The first-order valence-corrected chi connectivity index (χ1v) is 9.33. The fourth-order valence-corrected chi connectivity index (χ4v) is 2.85. The first-order valence-electron chi connectivity index (χ1n) is 8.95. The van der Waals surface area contributed by atoms with Crippen LogP contribution in [0.3, 0.4) is 0 Å². The Hall–Kier alpha value is -3.84. The van der Waals surface area contributed by atoms with Crippen molar-refractivity contribution in [2.24, 2.45) is 0 Å². The summed E-state index contributed by atoms with van der Waals surface area (Å²) < 4.78 is 11.1. The lowest BCUT2D eigenvalue weighted by Gasteiger charge is -2.19. The van der Waals surface area contributed by atoms with E-state index in [0.717, 1.165) is 0 Å². The van der Waals surface area contributed by atoms with Crippen molar-refractivity contribution in [3.8, 4) is 5.75 Å². The van der Waals surface area contributed by atoms with Crippen LogP contribution in [0.2, 0.25) is 5.15 Å². The first kappa shape index (κ1) is 19.5. The Labute approximate surface area is 177 Å². The average molecular weight is 422 g/mol. The van der Waals surface area contributed by atoms with Crippen molar-refractivity contribution >= 4 is 46.9 Å². The summed E-state index contributed by atoms with van der Waals surface area (Å²) >= 11 is 5.77. The zero-order valence-corrected chi connectivity index (χ0v) is 16.6. The van der Waals surface area contributed by atoms with Gasteiger partial charge in [-0.2, -0.15) is 0 Å². The number of likely N-dealkylation sites (N-methyl/N-ethyl adjacent to an activating group) is 1. The quantitative estimate of drug-likeness (QED) is 0.499. The lowest BCUT2D eigenvalue weighted by atomic mass is 10.2. The third-order valence-electron chi connectivity index (χ3n) is 4.34. The van der Waals surface area contributed by atoms with E-state index in [1.165, 1.54) is 29.5 Å². The third-order valence-corrected chi connectivity index (χ3v) is 4.56. The summed E-state index contributed by atoms with van der Waals surface area (Å²) in [6.07, 6.45) is 7.52. The topological polar surface area (TPSA) is 84.7 Å². The number of benzene rings is 1. The number of nitrogens with zero attached hydrogens (tertiary/aromatic N) is 2. The predicted octanol–water partition coefficient (Wildman–Crippen LogP) is 4.38. The fraction of sp³-hybridized carbons (Fsp3) is 0.0455. The summed E-state index contributed by atoms with van der Waals surface area (Å²) in [6, 6.07) is 12.2. The van der Waals surface area contributed by atoms with Crippen LogP contribution in [0.5, 0.6) is 5.75 Å². The van der Waals surface area contributed by atoms with E-state index in [0.29, 0.717) is 33.6 Å². The molecular formula is C22H16ClN3O4. The highest BCUT2D eigenvalue weighted by atomic mass is 35.5. The minimum Gasteiger partial charge on any atom is -0.464 e. The Morgan fingerprint density at radius 2 is 2.07 bits per heavy atom. The number of ether oxygens (including phenoxy) is 1. The molecule has 3 heterocycles. The summed E-state index contributed by atoms with van der Waals surface area (Å²) in [5.41, 5.74) is 1.89. The molecule has 4 rings (SSSR count). The number of carbonyl (C=O) groups excluding carboxylic acids is 2. The summed E-state index contributed by atoms with van der Waals surface area (Å²) in [5, 5.41) is 3.11. The summed E-state index contributed by atoms with van der Waals surface area (Å²) in [7, 11) is 1.64. The molecule has 0 fully saturated rings. The molecule has 8 heteroatoms. The molecule has 0 saturated carbocycles. The van der Waals surface area contributed by atoms with E-state index in [1.54, 1.807) is 43.5 Å². The molecule has 3 aromatic rings. The number of anilines is 2. The molecular weight excluding hydrogens is 406 g/mol. The largest absolute Gasteiger partial charge is 0.464 e. The van der Waals surface area contributed by atoms with Gasteiger partial charge in [-0.1, -0.05) is 23.7 Å². The van der Waals surface area contributed by atoms with E-state index in [4.69, 9.17) is 20.8 Å². The SMILES string of the molecule is CN(C(=O)/C=C/c1coc(/C=C2\Oc3ccccc3NC2=O)c1)c1ccc(Cl)nc1. The molecule has 2 aromatic heterocycles. The van der Waals surface area contributed by atoms with Gasteiger partial charge in [0, 0.05) is 24.8 Å². The molecule has 0 unspecified atom stereocenters. The van der Waals surface area contributed by atoms with Gasteiger partial charge < -0.3 is 19.4 Å². The van der Waals surface area contributed by atoms with Gasteiger partial charge >= 0.3 is 0 Å². The maximum absolute atomic E-state index is 12.3. The van der Waals surface area contributed by atoms with Crippen molar-refractivity contribution in [2.75, 3.05) is 17.3 Å². The molecule has 0 bridgehead atoms. The second-order valence-electron chi connectivity index (χ2n) is 6.41. The molecule has 1 aliphatic heterocycles. The molecule has 0 atom stereocenters. The van der Waals surface area contributed by atoms with Crippen molar-refractivity contribution in [1.82, 2.24) is 4.98 Å². The number of para-hydroxylation sites is 2. The molecule has 7 nitrogen and oxygen atoms in total. The zero-order chi connectivity index (χ0) is 21.1. The molecule has 0 spiro atoms. The highest BCUT2D eigenvalue weighted by Gasteiger charge is 2.21. The molecule has 0 saturated heterocycles. The number of aromatic nitrogens is 1. The fourth-order valence-electron chi connectivity index (χ4n) is 2.74. The normalized spacial score (nSPS) is 14.3. The Bertz CT molecular complexity index is 1170. The van der Waals surface area contributed by atoms with Crippen molar-refractivity contribution in [3.05, 3.63) is 83.2 Å². The monoisotopic (exact) mass is 421 g/mol. The van der Waals surface area contributed by atoms with Crippen LogP contribution in [0, 0.1) is 0 Å². The minimum atomic E-state index is -0.365. The number of pyridine rings is 1. The smallest absolute Gasteiger partial charge is 0.291 e. The van der Waals surface area contributed by atoms with Crippen LogP contribution in [-0.4, -0.2) is 23.8 Å². The molecule has 1 N–H and O–H groups in total. The molecule has 2 amide bonds. The number of furan rings is 1. The van der Waals surface area contributed by atoms with Gasteiger partial charge in [0.05, 0.1) is 23.8 Å². The second kappa shape index (κ2) is 8.26. The van der Waals surface area contributed by atoms with Gasteiger partial charge in [-0.15, -0.1) is 0 Å². The average Bonchev–Trinajstić information content (AvgIpc) is 3.20. The molecule has 1 aromatic carbocycles. The number of fused-ring (bicyclic) bond motifs is 1. The Kier molecular flexibility index (Phi) is 5.36. The third kappa shape index (κ3) is 4.26. The summed E-state index contributed by atoms with van der Waals surface area (Å²) in [4.78, 5) is 29.9. The zero-order valence-electron chi connectivity index (χ0n) is 15.8. The maximum Gasteiger partial charge on any atom is 0.291 e. The van der Waals surface area contributed by atoms with Gasteiger partial charge in [0.25, 0.3) is 11.8 Å². The van der Waals surface area contributed by atoms with Gasteiger partial charge in [-0.3, -0.25) is 9.59 Å². The highest BCUT2D eigenvalue weighted by Crippen LogP contribution is 2.31. The second-order valence-corrected chi connectivity index (χ2v) is 6.80. The van der Waals surface area contributed by atoms with E-state index in [9.17, 15) is 9.59 Å². The number of nitrogens with one attached hydrogen (secondary N) is 1. The lowest BCUT2D eigenvalue weighted by molar-refractivity contribution is -0.115. The highest BCUT2D eigenvalue weighted by molar-refractivity contribution is 6.29. The number of rotatable bonds is 4. The maximum atomic E-state index is 12.3. The Morgan fingerprint density at radius 1 is 1.23 bits per heavy atom. The number of amides is 2. The van der Waals surface area contributed by atoms with Crippen LogP contribution in [0.25, 0.3) is 12.2 Å². The van der Waals surface area contributed by atoms with E-state index < -0.39 is 0 Å². The van der Waals surface area contributed by atoms with Crippen molar-refractivity contribution in [2.45, 2.75) is 0 Å². The van der Waals surface area contributed by atoms with Crippen LogP contribution < -0.4 is 15.0 Å². The Morgan fingerprint density at radius 3 is 2.87 bits per heavy atom. The minimum absolute atomic E-state index is 0.115. The van der Waals surface area contributed by atoms with E-state index >= 15 is 0 Å². The molecule has 0 aliphatic carbocycles. The standard InChI is InChI=1S/C22H16ClN3O4/c1-26(15-7-8-20(23)24-12-15)21(27)9-6-14-10-16(29-13-14)11-19-22(28)25-17-4-2-3-5-18(17)30-19/h2-13H,1H3,(H,25,28)/b9-6+,19-11-. The summed E-state index contributed by atoms with van der Waals surface area (Å²) in [5.74, 6) is 0.481. The van der Waals surface area contributed by atoms with Gasteiger partial charge in [0.2, 0.25) is 0 Å². The van der Waals surface area contributed by atoms with Crippen LogP contribution in [0.1, 0.15) is 11.3 Å². The molecule has 0 radical (unpaired) electrons. The predicted molar refractivity (Wildman–Crippen MR) is 114 cm³/mol. The molecule has 30 heavy (non-hydrogen) atoms. The van der Waals surface area contributed by atoms with Crippen LogP contribution in [-0.2, 0) is 9.59 Å². The van der Waals surface area contributed by atoms with Crippen molar-refractivity contribution in [1.29, 1.82) is 0 Å². The number of halogens is 1. The van der Waals surface area contributed by atoms with E-state index in [2.05, 4.69) is 10.3 Å².